The smallest absolute Gasteiger partial charge is 0.175 e. The molecule has 0 saturated heterocycles. The number of halogens is 1. The highest BCUT2D eigenvalue weighted by Crippen LogP contribution is 2.30. The summed E-state index contributed by atoms with van der Waals surface area (Å²) in [6.45, 7) is 0.359. The molecule has 0 aliphatic heterocycles. The summed E-state index contributed by atoms with van der Waals surface area (Å²) in [6, 6.07) is 5.12. The molecule has 0 unspecified atom stereocenters. The van der Waals surface area contributed by atoms with Gasteiger partial charge in [0.15, 0.2) is 8.68 Å². The second-order valence-corrected chi connectivity index (χ2v) is 6.71. The predicted octanol–water partition coefficient (Wildman–Crippen LogP) is 3.15. The molecule has 0 bridgehead atoms. The Kier molecular flexibility index (Phi) is 4.99. The van der Waals surface area contributed by atoms with E-state index in [-0.39, 0.29) is 5.82 Å². The van der Waals surface area contributed by atoms with E-state index in [1.807, 2.05) is 12.3 Å². The number of benzene rings is 1. The zero-order valence-electron chi connectivity index (χ0n) is 9.72. The molecule has 1 aromatic heterocycles. The molecule has 0 amide bonds. The molecule has 7 heteroatoms. The molecular weight excluding hydrogens is 289 g/mol. The Labute approximate surface area is 117 Å². The van der Waals surface area contributed by atoms with Gasteiger partial charge in [0.25, 0.3) is 0 Å². The number of rotatable bonds is 5. The lowest BCUT2D eigenvalue weighted by Gasteiger charge is -2.03. The first-order valence-electron chi connectivity index (χ1n) is 5.20. The fourth-order valence-corrected chi connectivity index (χ4v) is 3.74. The Bertz CT molecular complexity index is 530. The van der Waals surface area contributed by atoms with Gasteiger partial charge in [-0.05, 0) is 23.4 Å². The molecule has 2 N–H and O–H groups in total. The quantitative estimate of drug-likeness (QED) is 0.860. The summed E-state index contributed by atoms with van der Waals surface area (Å²) in [5.41, 5.74) is 6.93. The Morgan fingerprint density at radius 2 is 2.11 bits per heavy atom. The van der Waals surface area contributed by atoms with Crippen LogP contribution in [0, 0.1) is 5.82 Å². The number of thioether (sulfide) groups is 2. The lowest BCUT2D eigenvalue weighted by atomic mass is 10.1. The van der Waals surface area contributed by atoms with Gasteiger partial charge in [-0.15, -0.1) is 10.2 Å². The van der Waals surface area contributed by atoms with E-state index in [9.17, 15) is 4.39 Å². The predicted molar refractivity (Wildman–Crippen MR) is 75.5 cm³/mol. The van der Waals surface area contributed by atoms with Crippen molar-refractivity contribution >= 4 is 34.9 Å². The van der Waals surface area contributed by atoms with E-state index in [1.165, 1.54) is 29.2 Å². The maximum atomic E-state index is 13.7. The van der Waals surface area contributed by atoms with Gasteiger partial charge in [0, 0.05) is 12.3 Å². The Hall–Kier alpha value is -0.630. The third-order valence-electron chi connectivity index (χ3n) is 2.27. The van der Waals surface area contributed by atoms with Crippen LogP contribution in [-0.2, 0) is 12.3 Å². The third kappa shape index (κ3) is 3.44. The number of nitrogens with two attached hydrogens (primary N) is 1. The summed E-state index contributed by atoms with van der Waals surface area (Å²) in [6.07, 6.45) is 1.96. The zero-order valence-corrected chi connectivity index (χ0v) is 12.2. The van der Waals surface area contributed by atoms with Crippen molar-refractivity contribution in [1.29, 1.82) is 0 Å². The molecule has 0 radical (unpaired) electrons. The minimum absolute atomic E-state index is 0.208. The maximum absolute atomic E-state index is 13.7. The molecule has 0 atom stereocenters. The maximum Gasteiger partial charge on any atom is 0.175 e. The largest absolute Gasteiger partial charge is 0.326 e. The second kappa shape index (κ2) is 6.51. The first-order valence-corrected chi connectivity index (χ1v) is 8.23. The topological polar surface area (TPSA) is 51.8 Å². The SMILES string of the molecule is CSc1nnc(SCc2ccc(CN)cc2F)s1. The molecule has 0 aliphatic carbocycles. The molecule has 0 aliphatic rings. The highest BCUT2D eigenvalue weighted by molar-refractivity contribution is 8.02. The van der Waals surface area contributed by atoms with Crippen LogP contribution in [0.1, 0.15) is 11.1 Å². The van der Waals surface area contributed by atoms with Crippen LogP contribution >= 0.6 is 34.9 Å². The fourth-order valence-electron chi connectivity index (χ4n) is 1.31. The molecule has 2 aromatic rings. The van der Waals surface area contributed by atoms with Gasteiger partial charge >= 0.3 is 0 Å². The monoisotopic (exact) mass is 301 g/mol. The van der Waals surface area contributed by atoms with Crippen LogP contribution < -0.4 is 5.73 Å². The first kappa shape index (κ1) is 13.8. The number of aromatic nitrogens is 2. The average Bonchev–Trinajstić information content (AvgIpc) is 2.85. The minimum Gasteiger partial charge on any atom is -0.326 e. The normalized spacial score (nSPS) is 10.8. The van der Waals surface area contributed by atoms with Crippen LogP contribution in [0.2, 0.25) is 0 Å². The van der Waals surface area contributed by atoms with Gasteiger partial charge in [0.1, 0.15) is 5.82 Å². The number of hydrogen-bond acceptors (Lipinski definition) is 6. The van der Waals surface area contributed by atoms with E-state index in [2.05, 4.69) is 10.2 Å². The van der Waals surface area contributed by atoms with Gasteiger partial charge in [-0.1, -0.05) is 47.0 Å². The summed E-state index contributed by atoms with van der Waals surface area (Å²) in [5.74, 6) is 0.347. The Balaban J connectivity index is 2.01. The highest BCUT2D eigenvalue weighted by Gasteiger charge is 2.07. The van der Waals surface area contributed by atoms with E-state index in [0.29, 0.717) is 17.9 Å². The summed E-state index contributed by atoms with van der Waals surface area (Å²) in [7, 11) is 0. The molecule has 3 nitrogen and oxygen atoms in total. The standard InChI is InChI=1S/C11H12FN3S3/c1-16-10-14-15-11(18-10)17-6-8-3-2-7(5-13)4-9(8)12/h2-4H,5-6,13H2,1H3. The van der Waals surface area contributed by atoms with E-state index in [1.54, 1.807) is 17.8 Å². The van der Waals surface area contributed by atoms with Crippen molar-refractivity contribution in [1.82, 2.24) is 10.2 Å². The fraction of sp³-hybridized carbons (Fsp3) is 0.273. The summed E-state index contributed by atoms with van der Waals surface area (Å²) >= 11 is 4.59. The molecule has 0 saturated carbocycles. The van der Waals surface area contributed by atoms with E-state index < -0.39 is 0 Å². The van der Waals surface area contributed by atoms with Crippen molar-refractivity contribution in [2.45, 2.75) is 21.0 Å². The van der Waals surface area contributed by atoms with Crippen molar-refractivity contribution in [2.75, 3.05) is 6.26 Å². The Morgan fingerprint density at radius 3 is 2.72 bits per heavy atom. The van der Waals surface area contributed by atoms with Crippen molar-refractivity contribution in [3.63, 3.8) is 0 Å². The van der Waals surface area contributed by atoms with Crippen LogP contribution in [0.15, 0.2) is 26.9 Å². The summed E-state index contributed by atoms with van der Waals surface area (Å²) in [5, 5.41) is 8.03. The van der Waals surface area contributed by atoms with E-state index >= 15 is 0 Å². The van der Waals surface area contributed by atoms with Crippen LogP contribution in [0.4, 0.5) is 4.39 Å². The highest BCUT2D eigenvalue weighted by atomic mass is 32.2. The van der Waals surface area contributed by atoms with E-state index in [0.717, 1.165) is 14.2 Å². The lowest BCUT2D eigenvalue weighted by molar-refractivity contribution is 0.615. The molecule has 1 heterocycles. The molecule has 2 rings (SSSR count). The molecule has 96 valence electrons. The van der Waals surface area contributed by atoms with Crippen LogP contribution in [0.3, 0.4) is 0 Å². The molecule has 0 spiro atoms. The van der Waals surface area contributed by atoms with Gasteiger partial charge < -0.3 is 5.73 Å². The summed E-state index contributed by atoms with van der Waals surface area (Å²) in [4.78, 5) is 0. The minimum atomic E-state index is -0.208. The van der Waals surface area contributed by atoms with Crippen LogP contribution in [0.5, 0.6) is 0 Å². The number of hydrogen-bond donors (Lipinski definition) is 1. The van der Waals surface area contributed by atoms with Crippen molar-refractivity contribution < 1.29 is 4.39 Å². The zero-order chi connectivity index (χ0) is 13.0. The van der Waals surface area contributed by atoms with Gasteiger partial charge in [-0.25, -0.2) is 4.39 Å². The molecule has 1 aromatic carbocycles. The van der Waals surface area contributed by atoms with Crippen molar-refractivity contribution in [3.05, 3.63) is 35.1 Å². The van der Waals surface area contributed by atoms with Crippen molar-refractivity contribution in [2.24, 2.45) is 5.73 Å². The first-order chi connectivity index (χ1) is 8.72. The number of nitrogens with zero attached hydrogens (tertiary/aromatic N) is 2. The van der Waals surface area contributed by atoms with Crippen LogP contribution in [0.25, 0.3) is 0 Å². The van der Waals surface area contributed by atoms with Gasteiger partial charge in [-0.3, -0.25) is 0 Å². The Morgan fingerprint density at radius 1 is 1.33 bits per heavy atom. The average molecular weight is 301 g/mol. The van der Waals surface area contributed by atoms with Gasteiger partial charge in [0.05, 0.1) is 0 Å². The molecule has 0 fully saturated rings. The third-order valence-corrected chi connectivity index (χ3v) is 5.35. The second-order valence-electron chi connectivity index (χ2n) is 3.46. The molecular formula is C11H12FN3S3. The van der Waals surface area contributed by atoms with Gasteiger partial charge in [-0.2, -0.15) is 0 Å². The lowest BCUT2D eigenvalue weighted by Crippen LogP contribution is -1.98. The van der Waals surface area contributed by atoms with Crippen molar-refractivity contribution in [3.8, 4) is 0 Å². The van der Waals surface area contributed by atoms with Crippen LogP contribution in [-0.4, -0.2) is 16.5 Å². The molecule has 18 heavy (non-hydrogen) atoms. The van der Waals surface area contributed by atoms with Gasteiger partial charge in [0.2, 0.25) is 0 Å². The van der Waals surface area contributed by atoms with E-state index in [4.69, 9.17) is 5.73 Å². The summed E-state index contributed by atoms with van der Waals surface area (Å²) < 4.78 is 15.5.